The fraction of sp³-hybridized carbons (Fsp3) is 0.276. The zero-order valence-corrected chi connectivity index (χ0v) is 23.9. The number of halogens is 4. The minimum atomic E-state index is -4.66. The molecule has 1 heterocycles. The summed E-state index contributed by atoms with van der Waals surface area (Å²) in [6.45, 7) is 3.87. The number of fused-ring (bicyclic) bond motifs is 1. The van der Waals surface area contributed by atoms with Gasteiger partial charge < -0.3 is 34.3 Å². The van der Waals surface area contributed by atoms with Crippen molar-refractivity contribution in [1.29, 1.82) is 0 Å². The molecule has 0 bridgehead atoms. The highest BCUT2D eigenvalue weighted by Crippen LogP contribution is 2.37. The first-order chi connectivity index (χ1) is 20.7. The molecule has 0 aliphatic heterocycles. The van der Waals surface area contributed by atoms with Crippen LogP contribution in [0.15, 0.2) is 60.9 Å². The number of aromatic nitrogens is 2. The molecule has 0 radical (unpaired) electrons. The minimum absolute atomic E-state index is 0.0711. The quantitative estimate of drug-likeness (QED) is 0.151. The lowest BCUT2D eigenvalue weighted by molar-refractivity contribution is -0.137. The number of nitrogens with zero attached hydrogens (tertiary/aromatic N) is 2. The molecule has 0 spiro atoms. The molecule has 4 rings (SSSR count). The van der Waals surface area contributed by atoms with Gasteiger partial charge in [-0.1, -0.05) is 11.6 Å². The molecule has 2 N–H and O–H groups in total. The monoisotopic (exact) mass is 620 g/mol. The normalized spacial score (nSPS) is 11.3. The molecule has 0 unspecified atom stereocenters. The van der Waals surface area contributed by atoms with E-state index in [1.54, 1.807) is 43.5 Å². The summed E-state index contributed by atoms with van der Waals surface area (Å²) in [5.74, 6) is 1.59. The van der Waals surface area contributed by atoms with Crippen LogP contribution in [0.25, 0.3) is 10.9 Å². The molecule has 43 heavy (non-hydrogen) atoms. The zero-order chi connectivity index (χ0) is 30.8. The van der Waals surface area contributed by atoms with E-state index >= 15 is 0 Å². The largest absolute Gasteiger partial charge is 0.487 e. The SMILES string of the molecule is CCOCCOc1cc2ncnc(Oc3ccc(NC(=O)Nc4ccc(Cl)c(C(F)(F)F)c4)cc3)c2cc1OCCOC. The van der Waals surface area contributed by atoms with E-state index in [2.05, 4.69) is 20.6 Å². The molecule has 0 saturated carbocycles. The Morgan fingerprint density at radius 2 is 1.56 bits per heavy atom. The van der Waals surface area contributed by atoms with Crippen molar-refractivity contribution < 1.29 is 41.7 Å². The van der Waals surface area contributed by atoms with Gasteiger partial charge in [0.1, 0.15) is 25.3 Å². The number of rotatable bonds is 13. The summed E-state index contributed by atoms with van der Waals surface area (Å²) in [7, 11) is 1.57. The molecule has 0 atom stereocenters. The molecule has 10 nitrogen and oxygen atoms in total. The highest BCUT2D eigenvalue weighted by molar-refractivity contribution is 6.31. The van der Waals surface area contributed by atoms with E-state index in [0.717, 1.165) is 12.1 Å². The minimum Gasteiger partial charge on any atom is -0.487 e. The number of benzene rings is 3. The lowest BCUT2D eigenvalue weighted by atomic mass is 10.2. The Kier molecular flexibility index (Phi) is 10.8. The molecule has 4 aromatic rings. The van der Waals surface area contributed by atoms with Crippen molar-refractivity contribution in [3.63, 3.8) is 0 Å². The van der Waals surface area contributed by atoms with Crippen molar-refractivity contribution in [2.45, 2.75) is 13.1 Å². The van der Waals surface area contributed by atoms with Crippen molar-refractivity contribution in [1.82, 2.24) is 9.97 Å². The molecule has 0 aliphatic carbocycles. The summed E-state index contributed by atoms with van der Waals surface area (Å²) in [5.41, 5.74) is -0.200. The fourth-order valence-corrected chi connectivity index (χ4v) is 3.99. The molecular weight excluding hydrogens is 593 g/mol. The number of urea groups is 1. The number of carbonyl (C=O) groups is 1. The van der Waals surface area contributed by atoms with Gasteiger partial charge in [0.15, 0.2) is 11.5 Å². The van der Waals surface area contributed by atoms with Crippen molar-refractivity contribution in [2.75, 3.05) is 50.8 Å². The maximum absolute atomic E-state index is 13.1. The Hall–Kier alpha value is -4.33. The topological polar surface area (TPSA) is 113 Å². The van der Waals surface area contributed by atoms with E-state index in [9.17, 15) is 18.0 Å². The van der Waals surface area contributed by atoms with Crippen LogP contribution in [0.4, 0.5) is 29.3 Å². The molecular formula is C29H28ClF3N4O6. The smallest absolute Gasteiger partial charge is 0.417 e. The zero-order valence-electron chi connectivity index (χ0n) is 23.2. The van der Waals surface area contributed by atoms with Crippen molar-refractivity contribution in [2.24, 2.45) is 0 Å². The van der Waals surface area contributed by atoms with Gasteiger partial charge in [-0.25, -0.2) is 14.8 Å². The molecule has 1 aromatic heterocycles. The number of ether oxygens (including phenoxy) is 5. The second-order valence-corrected chi connectivity index (χ2v) is 9.19. The number of hydrogen-bond donors (Lipinski definition) is 2. The van der Waals surface area contributed by atoms with Crippen LogP contribution in [-0.2, 0) is 15.7 Å². The van der Waals surface area contributed by atoms with E-state index in [1.165, 1.54) is 12.4 Å². The molecule has 228 valence electrons. The van der Waals surface area contributed by atoms with Gasteiger partial charge in [-0.3, -0.25) is 0 Å². The highest BCUT2D eigenvalue weighted by atomic mass is 35.5. The van der Waals surface area contributed by atoms with Crippen molar-refractivity contribution in [3.8, 4) is 23.1 Å². The van der Waals surface area contributed by atoms with Gasteiger partial charge in [0.25, 0.3) is 0 Å². The number of alkyl halides is 3. The van der Waals surface area contributed by atoms with Gasteiger partial charge in [-0.2, -0.15) is 13.2 Å². The highest BCUT2D eigenvalue weighted by Gasteiger charge is 2.33. The third-order valence-corrected chi connectivity index (χ3v) is 6.08. The van der Waals surface area contributed by atoms with E-state index in [4.69, 9.17) is 35.3 Å². The van der Waals surface area contributed by atoms with Crippen LogP contribution in [-0.4, -0.2) is 56.1 Å². The van der Waals surface area contributed by atoms with Gasteiger partial charge in [-0.05, 0) is 55.5 Å². The number of anilines is 2. The number of amides is 2. The second kappa shape index (κ2) is 14.7. The average Bonchev–Trinajstić information content (AvgIpc) is 2.97. The van der Waals surface area contributed by atoms with Crippen LogP contribution in [0.3, 0.4) is 0 Å². The molecule has 0 saturated heterocycles. The predicted octanol–water partition coefficient (Wildman–Crippen LogP) is 7.18. The average molecular weight is 621 g/mol. The Balaban J connectivity index is 1.46. The van der Waals surface area contributed by atoms with Crippen LogP contribution in [0.5, 0.6) is 23.1 Å². The van der Waals surface area contributed by atoms with Crippen molar-refractivity contribution >= 4 is 39.9 Å². The first kappa shape index (κ1) is 31.6. The second-order valence-electron chi connectivity index (χ2n) is 8.78. The fourth-order valence-electron chi connectivity index (χ4n) is 3.77. The molecule has 14 heteroatoms. The van der Waals surface area contributed by atoms with Gasteiger partial charge >= 0.3 is 12.2 Å². The number of nitrogens with one attached hydrogen (secondary N) is 2. The number of methoxy groups -OCH3 is 1. The lowest BCUT2D eigenvalue weighted by Crippen LogP contribution is -2.19. The molecule has 0 fully saturated rings. The maximum Gasteiger partial charge on any atom is 0.417 e. The van der Waals surface area contributed by atoms with Crippen LogP contribution in [0, 0.1) is 0 Å². The van der Waals surface area contributed by atoms with Gasteiger partial charge in [-0.15, -0.1) is 0 Å². The molecule has 3 aromatic carbocycles. The molecule has 0 aliphatic rings. The van der Waals surface area contributed by atoms with Gasteiger partial charge in [0.05, 0.1) is 34.7 Å². The summed E-state index contributed by atoms with van der Waals surface area (Å²) in [4.78, 5) is 21.0. The third-order valence-electron chi connectivity index (χ3n) is 5.75. The van der Waals surface area contributed by atoms with Crippen molar-refractivity contribution in [3.05, 3.63) is 71.5 Å². The van der Waals surface area contributed by atoms with Crippen LogP contribution in [0.1, 0.15) is 12.5 Å². The van der Waals surface area contributed by atoms with E-state index < -0.39 is 22.8 Å². The standard InChI is InChI=1S/C29H28ClF3N4O6/c1-3-40-11-13-42-26-16-24-21(15-25(26)41-12-10-39-2)27(35-17-34-24)43-20-7-4-18(5-8-20)36-28(38)37-19-6-9-23(30)22(14-19)29(31,32)33/h4-9,14-17H,3,10-13H2,1-2H3,(H2,36,37,38). The summed E-state index contributed by atoms with van der Waals surface area (Å²) in [6, 6.07) is 12.1. The number of hydrogen-bond acceptors (Lipinski definition) is 8. The van der Waals surface area contributed by atoms with Crippen LogP contribution < -0.4 is 24.8 Å². The lowest BCUT2D eigenvalue weighted by Gasteiger charge is -2.15. The molecule has 2 amide bonds. The summed E-state index contributed by atoms with van der Waals surface area (Å²) < 4.78 is 67.5. The Labute approximate surface area is 250 Å². The van der Waals surface area contributed by atoms with E-state index in [0.29, 0.717) is 60.3 Å². The maximum atomic E-state index is 13.1. The first-order valence-corrected chi connectivity index (χ1v) is 13.4. The van der Waals surface area contributed by atoms with Crippen LogP contribution in [0.2, 0.25) is 5.02 Å². The summed E-state index contributed by atoms with van der Waals surface area (Å²) >= 11 is 5.63. The van der Waals surface area contributed by atoms with Gasteiger partial charge in [0.2, 0.25) is 5.88 Å². The van der Waals surface area contributed by atoms with E-state index in [-0.39, 0.29) is 18.2 Å². The summed E-state index contributed by atoms with van der Waals surface area (Å²) in [6.07, 6.45) is -3.30. The number of carbonyl (C=O) groups excluding carboxylic acids is 1. The predicted molar refractivity (Wildman–Crippen MR) is 155 cm³/mol. The van der Waals surface area contributed by atoms with Crippen LogP contribution >= 0.6 is 11.6 Å². The van der Waals surface area contributed by atoms with E-state index in [1.807, 2.05) is 6.92 Å². The Morgan fingerprint density at radius 1 is 0.884 bits per heavy atom. The van der Waals surface area contributed by atoms with Gasteiger partial charge in [0, 0.05) is 31.2 Å². The summed E-state index contributed by atoms with van der Waals surface area (Å²) in [5, 5.41) is 5.01. The third kappa shape index (κ3) is 8.83. The Bertz CT molecular complexity index is 1540. The first-order valence-electron chi connectivity index (χ1n) is 13.0. The Morgan fingerprint density at radius 3 is 2.26 bits per heavy atom.